The summed E-state index contributed by atoms with van der Waals surface area (Å²) in [6.07, 6.45) is 89.5. The van der Waals surface area contributed by atoms with Gasteiger partial charge in [-0.25, -0.2) is 0 Å². The summed E-state index contributed by atoms with van der Waals surface area (Å²) in [7, 11) is 0. The molecule has 0 aliphatic heterocycles. The van der Waals surface area contributed by atoms with Gasteiger partial charge in [-0.1, -0.05) is 297 Å². The topological polar surface area (TPSA) is 78.9 Å². The van der Waals surface area contributed by atoms with Crippen molar-refractivity contribution in [3.63, 3.8) is 0 Å². The molecule has 0 spiro atoms. The van der Waals surface area contributed by atoms with Gasteiger partial charge in [0.15, 0.2) is 6.10 Å². The smallest absolute Gasteiger partial charge is 0.306 e. The van der Waals surface area contributed by atoms with E-state index in [0.717, 1.165) is 141 Å². The van der Waals surface area contributed by atoms with E-state index in [-0.39, 0.29) is 31.1 Å². The van der Waals surface area contributed by atoms with Crippen molar-refractivity contribution in [1.29, 1.82) is 0 Å². The van der Waals surface area contributed by atoms with Crippen LogP contribution in [-0.4, -0.2) is 37.2 Å². The van der Waals surface area contributed by atoms with Gasteiger partial charge in [0.05, 0.1) is 0 Å². The van der Waals surface area contributed by atoms with Crippen LogP contribution in [0.5, 0.6) is 0 Å². The lowest BCUT2D eigenvalue weighted by molar-refractivity contribution is -0.167. The zero-order chi connectivity index (χ0) is 56.4. The molecule has 0 rings (SSSR count). The van der Waals surface area contributed by atoms with Crippen LogP contribution in [0.3, 0.4) is 0 Å². The largest absolute Gasteiger partial charge is 0.462 e. The van der Waals surface area contributed by atoms with Gasteiger partial charge in [0.2, 0.25) is 0 Å². The highest BCUT2D eigenvalue weighted by Gasteiger charge is 2.19. The summed E-state index contributed by atoms with van der Waals surface area (Å²) < 4.78 is 16.9. The molecule has 0 aromatic heterocycles. The monoisotopic (exact) mass is 1080 g/mol. The highest BCUT2D eigenvalue weighted by atomic mass is 16.6. The Balaban J connectivity index is 4.36. The van der Waals surface area contributed by atoms with Gasteiger partial charge in [0, 0.05) is 19.3 Å². The molecule has 0 fully saturated rings. The summed E-state index contributed by atoms with van der Waals surface area (Å²) >= 11 is 0. The van der Waals surface area contributed by atoms with Gasteiger partial charge in [0.1, 0.15) is 13.2 Å². The van der Waals surface area contributed by atoms with E-state index >= 15 is 0 Å². The predicted molar refractivity (Wildman–Crippen MR) is 339 cm³/mol. The van der Waals surface area contributed by atoms with E-state index < -0.39 is 6.10 Å². The highest BCUT2D eigenvalue weighted by molar-refractivity contribution is 5.71. The number of rotatable bonds is 59. The number of carbonyl (C=O) groups is 3. The van der Waals surface area contributed by atoms with Crippen molar-refractivity contribution in [3.05, 3.63) is 109 Å². The molecule has 78 heavy (non-hydrogen) atoms. The molecular formula is C72H122O6. The number of hydrogen-bond acceptors (Lipinski definition) is 6. The Labute approximate surface area is 482 Å². The number of unbranched alkanes of at least 4 members (excludes halogenated alkanes) is 30. The lowest BCUT2D eigenvalue weighted by Crippen LogP contribution is -2.30. The summed E-state index contributed by atoms with van der Waals surface area (Å²) in [5, 5.41) is 0. The molecule has 0 aromatic carbocycles. The van der Waals surface area contributed by atoms with Crippen LogP contribution in [0.4, 0.5) is 0 Å². The van der Waals surface area contributed by atoms with Gasteiger partial charge in [-0.3, -0.25) is 14.4 Å². The van der Waals surface area contributed by atoms with Crippen LogP contribution < -0.4 is 0 Å². The molecule has 0 radical (unpaired) electrons. The maximum atomic E-state index is 12.9. The highest BCUT2D eigenvalue weighted by Crippen LogP contribution is 2.17. The molecule has 0 aromatic rings. The quantitative estimate of drug-likeness (QED) is 0.0261. The van der Waals surface area contributed by atoms with Crippen molar-refractivity contribution < 1.29 is 28.6 Å². The second kappa shape index (κ2) is 65.6. The predicted octanol–water partition coefficient (Wildman–Crippen LogP) is 22.6. The Hall–Kier alpha value is -3.93. The van der Waals surface area contributed by atoms with Gasteiger partial charge in [-0.05, 0) is 103 Å². The summed E-state index contributed by atoms with van der Waals surface area (Å²) in [5.74, 6) is -0.900. The molecule has 1 atom stereocenters. The molecular weight excluding hydrogens is 961 g/mol. The lowest BCUT2D eigenvalue weighted by atomic mass is 10.0. The first kappa shape index (κ1) is 74.1. The van der Waals surface area contributed by atoms with Gasteiger partial charge < -0.3 is 14.2 Å². The fraction of sp³-hybridized carbons (Fsp3) is 0.708. The van der Waals surface area contributed by atoms with Crippen LogP contribution in [0.25, 0.3) is 0 Å². The normalized spacial score (nSPS) is 12.8. The van der Waals surface area contributed by atoms with Crippen molar-refractivity contribution in [2.24, 2.45) is 0 Å². The molecule has 6 nitrogen and oxygen atoms in total. The summed E-state index contributed by atoms with van der Waals surface area (Å²) in [6.45, 7) is 6.43. The first-order valence-electron chi connectivity index (χ1n) is 32.9. The molecule has 0 aliphatic rings. The number of carbonyl (C=O) groups excluding carboxylic acids is 3. The van der Waals surface area contributed by atoms with Gasteiger partial charge in [-0.15, -0.1) is 0 Å². The van der Waals surface area contributed by atoms with Crippen LogP contribution >= 0.6 is 0 Å². The third-order valence-electron chi connectivity index (χ3n) is 14.0. The van der Waals surface area contributed by atoms with Crippen molar-refractivity contribution >= 4 is 17.9 Å². The average Bonchev–Trinajstić information content (AvgIpc) is 3.44. The number of allylic oxidation sites excluding steroid dienone is 18. The third kappa shape index (κ3) is 62.9. The second-order valence-corrected chi connectivity index (χ2v) is 21.6. The number of esters is 3. The standard InChI is InChI=1S/C72H122O6/c1-4-7-10-13-16-19-22-25-28-30-32-33-34-35-36-37-38-39-40-42-44-47-50-53-56-59-62-65-71(74)77-68-69(67-76-70(73)64-61-58-55-52-49-46-43-27-24-21-18-15-12-9-6-3)78-72(75)66-63-60-57-54-51-48-45-41-31-29-26-23-20-17-14-11-8-5-2/h7,9-10,12,16,18-19,21,25,27-28,32-33,35-36,38-39,43,69H,4-6,8,11,13-15,17,20,22-24,26,29-31,34,37,40-42,44-68H2,1-3H3/b10-7-,12-9-,19-16-,21-18-,28-25-,33-32-,36-35-,39-38-,43-27-. The molecule has 0 saturated heterocycles. The van der Waals surface area contributed by atoms with Crippen LogP contribution in [-0.2, 0) is 28.6 Å². The Morgan fingerprint density at radius 3 is 0.782 bits per heavy atom. The van der Waals surface area contributed by atoms with E-state index in [1.807, 2.05) is 0 Å². The molecule has 6 heteroatoms. The molecule has 0 bridgehead atoms. The lowest BCUT2D eigenvalue weighted by Gasteiger charge is -2.18. The second-order valence-electron chi connectivity index (χ2n) is 21.6. The van der Waals surface area contributed by atoms with Crippen LogP contribution in [0.2, 0.25) is 0 Å². The van der Waals surface area contributed by atoms with Crippen LogP contribution in [0.15, 0.2) is 109 Å². The SMILES string of the molecule is CC/C=C\C/C=C\C/C=C\C/C=C\C/C=C\C/C=C\CCCCCCCCCCC(=O)OCC(COC(=O)CCCCCCC/C=C\C/C=C\C/C=C\CC)OC(=O)CCCCCCCCCCCCCCCCCCCC. The minimum Gasteiger partial charge on any atom is -0.462 e. The fourth-order valence-corrected chi connectivity index (χ4v) is 9.17. The molecule has 0 N–H and O–H groups in total. The molecule has 1 unspecified atom stereocenters. The van der Waals surface area contributed by atoms with Gasteiger partial charge in [0.25, 0.3) is 0 Å². The Bertz CT molecular complexity index is 1570. The molecule has 0 heterocycles. The van der Waals surface area contributed by atoms with E-state index in [0.29, 0.717) is 19.3 Å². The molecule has 446 valence electrons. The first-order chi connectivity index (χ1) is 38.5. The first-order valence-corrected chi connectivity index (χ1v) is 32.9. The van der Waals surface area contributed by atoms with Crippen molar-refractivity contribution in [2.75, 3.05) is 13.2 Å². The molecule has 0 aliphatic carbocycles. The maximum Gasteiger partial charge on any atom is 0.306 e. The van der Waals surface area contributed by atoms with Crippen LogP contribution in [0.1, 0.15) is 310 Å². The summed E-state index contributed by atoms with van der Waals surface area (Å²) in [5.41, 5.74) is 0. The van der Waals surface area contributed by atoms with E-state index in [9.17, 15) is 14.4 Å². The van der Waals surface area contributed by atoms with Gasteiger partial charge >= 0.3 is 17.9 Å². The van der Waals surface area contributed by atoms with E-state index in [4.69, 9.17) is 14.2 Å². The Morgan fingerprint density at radius 1 is 0.269 bits per heavy atom. The van der Waals surface area contributed by atoms with Crippen molar-refractivity contribution in [2.45, 2.75) is 316 Å². The summed E-state index contributed by atoms with van der Waals surface area (Å²) in [6, 6.07) is 0. The average molecular weight is 1080 g/mol. The minimum absolute atomic E-state index is 0.0867. The maximum absolute atomic E-state index is 12.9. The summed E-state index contributed by atoms with van der Waals surface area (Å²) in [4.78, 5) is 38.4. The number of ether oxygens (including phenoxy) is 3. The van der Waals surface area contributed by atoms with Crippen molar-refractivity contribution in [1.82, 2.24) is 0 Å². The third-order valence-corrected chi connectivity index (χ3v) is 14.0. The van der Waals surface area contributed by atoms with Gasteiger partial charge in [-0.2, -0.15) is 0 Å². The molecule has 0 amide bonds. The zero-order valence-corrected chi connectivity index (χ0v) is 51.2. The van der Waals surface area contributed by atoms with Crippen LogP contribution in [0, 0.1) is 0 Å². The zero-order valence-electron chi connectivity index (χ0n) is 51.2. The van der Waals surface area contributed by atoms with E-state index in [1.54, 1.807) is 0 Å². The van der Waals surface area contributed by atoms with E-state index in [1.165, 1.54) is 128 Å². The Morgan fingerprint density at radius 2 is 0.500 bits per heavy atom. The van der Waals surface area contributed by atoms with E-state index in [2.05, 4.69) is 130 Å². The Kier molecular flexibility index (Phi) is 62.3. The fourth-order valence-electron chi connectivity index (χ4n) is 9.17. The number of hydrogen-bond donors (Lipinski definition) is 0. The minimum atomic E-state index is -0.790. The molecule has 0 saturated carbocycles. The van der Waals surface area contributed by atoms with Crippen molar-refractivity contribution in [3.8, 4) is 0 Å².